The molecule has 38 heavy (non-hydrogen) atoms. The Balaban J connectivity index is 1.32. The summed E-state index contributed by atoms with van der Waals surface area (Å²) in [5, 5.41) is 0.948. The van der Waals surface area contributed by atoms with E-state index in [1.54, 1.807) is 25.3 Å². The number of esters is 1. The number of fused-ring (bicyclic) bond motifs is 5. The number of rotatable bonds is 3. The van der Waals surface area contributed by atoms with Crippen molar-refractivity contribution in [1.82, 2.24) is 4.57 Å². The lowest BCUT2D eigenvalue weighted by Gasteiger charge is -2.29. The van der Waals surface area contributed by atoms with Crippen molar-refractivity contribution >= 4 is 34.8 Å². The standard InChI is InChI=1S/C31H23NO6/c1-32-15-18(22-13-20(35-2)7-9-24(22)32)12-27-30(34)21-8-10-26-29(31(21)38-27)23(14-28(33)37-26)19-11-17-5-3-4-6-25(17)36-16-19/h3-13,15,23H,14,16H2,1-2H3/b27-12-. The van der Waals surface area contributed by atoms with Gasteiger partial charge in [-0.1, -0.05) is 18.2 Å². The molecule has 0 amide bonds. The minimum Gasteiger partial charge on any atom is -0.497 e. The Morgan fingerprint density at radius 2 is 1.89 bits per heavy atom. The van der Waals surface area contributed by atoms with Crippen molar-refractivity contribution in [3.8, 4) is 23.0 Å². The molecule has 3 aromatic carbocycles. The number of aromatic nitrogens is 1. The van der Waals surface area contributed by atoms with E-state index in [2.05, 4.69) is 6.08 Å². The lowest BCUT2D eigenvalue weighted by molar-refractivity contribution is -0.135. The third-order valence-electron chi connectivity index (χ3n) is 7.40. The number of benzene rings is 3. The first-order valence-electron chi connectivity index (χ1n) is 12.4. The molecule has 4 heterocycles. The molecule has 1 atom stereocenters. The zero-order valence-electron chi connectivity index (χ0n) is 20.8. The molecule has 0 saturated heterocycles. The molecule has 1 aromatic heterocycles. The molecule has 0 fully saturated rings. The maximum Gasteiger partial charge on any atom is 0.312 e. The summed E-state index contributed by atoms with van der Waals surface area (Å²) in [5.41, 5.74) is 4.89. The van der Waals surface area contributed by atoms with E-state index in [0.717, 1.165) is 39.1 Å². The SMILES string of the molecule is COc1ccc2c(c1)c(/C=C1\Oc3c(ccc4c3C(C3=Cc5ccccc5OC3)CC(=O)O4)C1=O)cn2C. The zero-order chi connectivity index (χ0) is 26.0. The topological polar surface area (TPSA) is 76.0 Å². The first-order valence-corrected chi connectivity index (χ1v) is 12.4. The number of para-hydroxylation sites is 1. The molecular formula is C31H23NO6. The number of ketones is 1. The van der Waals surface area contributed by atoms with Crippen LogP contribution in [0, 0.1) is 0 Å². The van der Waals surface area contributed by atoms with Gasteiger partial charge in [0.1, 0.15) is 29.6 Å². The van der Waals surface area contributed by atoms with E-state index in [9.17, 15) is 9.59 Å². The molecule has 0 bridgehead atoms. The highest BCUT2D eigenvalue weighted by Crippen LogP contribution is 2.50. The third kappa shape index (κ3) is 3.43. The lowest BCUT2D eigenvalue weighted by atomic mass is 9.83. The number of allylic oxidation sites excluding steroid dienone is 1. The van der Waals surface area contributed by atoms with Crippen molar-refractivity contribution in [1.29, 1.82) is 0 Å². The Morgan fingerprint density at radius 3 is 2.76 bits per heavy atom. The molecule has 7 rings (SSSR count). The van der Waals surface area contributed by atoms with Gasteiger partial charge in [0.15, 0.2) is 5.76 Å². The van der Waals surface area contributed by atoms with Crippen LogP contribution in [0.5, 0.6) is 23.0 Å². The molecule has 0 saturated carbocycles. The average Bonchev–Trinajstić information content (AvgIpc) is 3.42. The molecule has 4 aromatic rings. The van der Waals surface area contributed by atoms with Crippen molar-refractivity contribution in [3.05, 3.63) is 94.4 Å². The smallest absolute Gasteiger partial charge is 0.312 e. The highest BCUT2D eigenvalue weighted by molar-refractivity contribution is 6.16. The molecular weight excluding hydrogens is 482 g/mol. The molecule has 3 aliphatic rings. The summed E-state index contributed by atoms with van der Waals surface area (Å²) in [5.74, 6) is 1.74. The van der Waals surface area contributed by atoms with E-state index in [-0.39, 0.29) is 29.9 Å². The van der Waals surface area contributed by atoms with Crippen molar-refractivity contribution in [2.45, 2.75) is 12.3 Å². The molecule has 188 valence electrons. The number of aryl methyl sites for hydroxylation is 1. The first-order chi connectivity index (χ1) is 18.5. The predicted octanol–water partition coefficient (Wildman–Crippen LogP) is 5.67. The van der Waals surface area contributed by atoms with Crippen LogP contribution in [-0.4, -0.2) is 30.0 Å². The van der Waals surface area contributed by atoms with Gasteiger partial charge in [-0.2, -0.15) is 0 Å². The van der Waals surface area contributed by atoms with Crippen LogP contribution in [0.1, 0.15) is 39.4 Å². The Hall–Kier alpha value is -4.78. The Kier molecular flexibility index (Phi) is 4.94. The first kappa shape index (κ1) is 22.4. The largest absolute Gasteiger partial charge is 0.497 e. The van der Waals surface area contributed by atoms with Crippen LogP contribution in [0.2, 0.25) is 0 Å². The van der Waals surface area contributed by atoms with E-state index in [0.29, 0.717) is 29.2 Å². The van der Waals surface area contributed by atoms with Crippen LogP contribution in [0.25, 0.3) is 23.1 Å². The van der Waals surface area contributed by atoms with Crippen molar-refractivity contribution in [2.75, 3.05) is 13.7 Å². The van der Waals surface area contributed by atoms with Crippen LogP contribution in [0.3, 0.4) is 0 Å². The summed E-state index contributed by atoms with van der Waals surface area (Å²) >= 11 is 0. The minimum absolute atomic E-state index is 0.139. The highest BCUT2D eigenvalue weighted by atomic mass is 16.5. The predicted molar refractivity (Wildman–Crippen MR) is 142 cm³/mol. The van der Waals surface area contributed by atoms with Gasteiger partial charge in [-0.15, -0.1) is 0 Å². The molecule has 1 unspecified atom stereocenters. The van der Waals surface area contributed by atoms with Gasteiger partial charge in [-0.25, -0.2) is 0 Å². The number of ether oxygens (including phenoxy) is 4. The van der Waals surface area contributed by atoms with Gasteiger partial charge in [-0.3, -0.25) is 9.59 Å². The summed E-state index contributed by atoms with van der Waals surface area (Å²) in [7, 11) is 3.58. The van der Waals surface area contributed by atoms with Gasteiger partial charge in [0.25, 0.3) is 0 Å². The van der Waals surface area contributed by atoms with Crippen LogP contribution in [0.4, 0.5) is 0 Å². The average molecular weight is 506 g/mol. The number of Topliss-reactive ketones (excluding diaryl/α,β-unsaturated/α-hetero) is 1. The number of methoxy groups -OCH3 is 1. The monoisotopic (exact) mass is 505 g/mol. The third-order valence-corrected chi connectivity index (χ3v) is 7.40. The second-order valence-corrected chi connectivity index (χ2v) is 9.65. The summed E-state index contributed by atoms with van der Waals surface area (Å²) < 4.78 is 25.3. The van der Waals surface area contributed by atoms with Gasteiger partial charge in [0.05, 0.1) is 19.1 Å². The maximum absolute atomic E-state index is 13.5. The van der Waals surface area contributed by atoms with E-state index in [1.807, 2.05) is 60.3 Å². The summed E-state index contributed by atoms with van der Waals surface area (Å²) in [6, 6.07) is 17.0. The molecule has 0 aliphatic carbocycles. The molecule has 7 heteroatoms. The Labute approximate surface area is 218 Å². The maximum atomic E-state index is 13.5. The number of carbonyl (C=O) groups is 2. The Morgan fingerprint density at radius 1 is 1.03 bits per heavy atom. The Bertz CT molecular complexity index is 1740. The van der Waals surface area contributed by atoms with Crippen molar-refractivity contribution in [3.63, 3.8) is 0 Å². The van der Waals surface area contributed by atoms with Crippen LogP contribution >= 0.6 is 0 Å². The van der Waals surface area contributed by atoms with Crippen LogP contribution in [0.15, 0.2) is 72.1 Å². The quantitative estimate of drug-likeness (QED) is 0.203. The van der Waals surface area contributed by atoms with E-state index >= 15 is 0 Å². The van der Waals surface area contributed by atoms with E-state index in [4.69, 9.17) is 18.9 Å². The fraction of sp³-hybridized carbons (Fsp3) is 0.161. The highest BCUT2D eigenvalue weighted by Gasteiger charge is 2.39. The fourth-order valence-corrected chi connectivity index (χ4v) is 5.54. The van der Waals surface area contributed by atoms with Gasteiger partial charge in [0.2, 0.25) is 5.78 Å². The van der Waals surface area contributed by atoms with Crippen LogP contribution < -0.4 is 18.9 Å². The fourth-order valence-electron chi connectivity index (χ4n) is 5.54. The molecule has 7 nitrogen and oxygen atoms in total. The lowest BCUT2D eigenvalue weighted by Crippen LogP contribution is -2.24. The summed E-state index contributed by atoms with van der Waals surface area (Å²) in [6.07, 6.45) is 5.92. The second-order valence-electron chi connectivity index (χ2n) is 9.65. The number of hydrogen-bond donors (Lipinski definition) is 0. The normalized spacial score (nSPS) is 18.7. The number of nitrogens with zero attached hydrogens (tertiary/aromatic N) is 1. The second kappa shape index (κ2) is 8.38. The minimum atomic E-state index is -0.330. The molecule has 0 radical (unpaired) electrons. The summed E-state index contributed by atoms with van der Waals surface area (Å²) in [6.45, 7) is 0.340. The molecule has 0 N–H and O–H groups in total. The van der Waals surface area contributed by atoms with Crippen molar-refractivity contribution in [2.24, 2.45) is 7.05 Å². The van der Waals surface area contributed by atoms with Gasteiger partial charge in [-0.05, 0) is 54.1 Å². The number of carbonyl (C=O) groups excluding carboxylic acids is 2. The van der Waals surface area contributed by atoms with Crippen molar-refractivity contribution < 1.29 is 28.5 Å². The van der Waals surface area contributed by atoms with Gasteiger partial charge < -0.3 is 23.5 Å². The number of hydrogen-bond acceptors (Lipinski definition) is 6. The van der Waals surface area contributed by atoms with E-state index < -0.39 is 0 Å². The van der Waals surface area contributed by atoms with Gasteiger partial charge >= 0.3 is 5.97 Å². The zero-order valence-corrected chi connectivity index (χ0v) is 20.8. The van der Waals surface area contributed by atoms with Crippen LogP contribution in [-0.2, 0) is 11.8 Å². The van der Waals surface area contributed by atoms with Gasteiger partial charge in [0, 0.05) is 46.8 Å². The summed E-state index contributed by atoms with van der Waals surface area (Å²) in [4.78, 5) is 26.0. The van der Waals surface area contributed by atoms with E-state index in [1.165, 1.54) is 0 Å². The molecule has 3 aliphatic heterocycles. The molecule has 0 spiro atoms.